The van der Waals surface area contributed by atoms with Crippen molar-refractivity contribution in [2.24, 2.45) is 11.0 Å². The minimum absolute atomic E-state index is 0.0832. The molecule has 156 valence electrons. The van der Waals surface area contributed by atoms with Gasteiger partial charge in [-0.3, -0.25) is 9.80 Å². The predicted molar refractivity (Wildman–Crippen MR) is 130 cm³/mol. The number of hydrogen-bond donors (Lipinski definition) is 0. The average Bonchev–Trinajstić information content (AvgIpc) is 3.26. The molecule has 0 bridgehead atoms. The Morgan fingerprint density at radius 1 is 0.719 bits per heavy atom. The lowest BCUT2D eigenvalue weighted by molar-refractivity contribution is 0.0944. The van der Waals surface area contributed by atoms with Gasteiger partial charge in [0.05, 0.1) is 23.4 Å². The fraction of sp³-hybridized carbons (Fsp3) is 0.103. The third-order valence-electron chi connectivity index (χ3n) is 5.94. The molecule has 1 heterocycles. The number of benzene rings is 4. The predicted octanol–water partition coefficient (Wildman–Crippen LogP) is 6.46. The zero-order valence-electron chi connectivity index (χ0n) is 17.9. The lowest BCUT2D eigenvalue weighted by atomic mass is 9.81. The van der Waals surface area contributed by atoms with Crippen LogP contribution in [0.2, 0.25) is 0 Å². The number of carbonyl (C=O) groups excluding carboxylic acids is 1. The Kier molecular flexibility index (Phi) is 5.39. The molecule has 5 rings (SSSR count). The van der Waals surface area contributed by atoms with Gasteiger partial charge in [-0.25, -0.2) is 0 Å². The number of hydrogen-bond acceptors (Lipinski definition) is 3. The molecule has 0 aliphatic carbocycles. The Bertz CT molecular complexity index is 1230. The summed E-state index contributed by atoms with van der Waals surface area (Å²) in [7, 11) is 0. The summed E-state index contributed by atoms with van der Waals surface area (Å²) in [6.45, 7) is 2.03. The van der Waals surface area contributed by atoms with Gasteiger partial charge in [0.1, 0.15) is 0 Å². The smallest absolute Gasteiger partial charge is 0.174 e. The fourth-order valence-corrected chi connectivity index (χ4v) is 4.33. The number of carbonyl (C=O) groups is 1. The summed E-state index contributed by atoms with van der Waals surface area (Å²) in [4.78, 5) is 14.0. The van der Waals surface area contributed by atoms with E-state index in [0.717, 1.165) is 28.1 Å². The van der Waals surface area contributed by atoms with E-state index in [2.05, 4.69) is 12.1 Å². The molecule has 0 unspecified atom stereocenters. The third kappa shape index (κ3) is 3.74. The van der Waals surface area contributed by atoms with E-state index in [-0.39, 0.29) is 11.8 Å². The largest absolute Gasteiger partial charge is 0.293 e. The molecule has 0 aromatic heterocycles. The summed E-state index contributed by atoms with van der Waals surface area (Å²) in [6.07, 6.45) is 0. The van der Waals surface area contributed by atoms with Gasteiger partial charge in [-0.2, -0.15) is 5.10 Å². The van der Waals surface area contributed by atoms with Crippen molar-refractivity contribution >= 4 is 17.2 Å². The molecule has 0 radical (unpaired) electrons. The van der Waals surface area contributed by atoms with Crippen LogP contribution >= 0.6 is 0 Å². The molecule has 0 saturated carbocycles. The van der Waals surface area contributed by atoms with Crippen LogP contribution < -0.4 is 5.01 Å². The molecule has 1 aliphatic heterocycles. The minimum Gasteiger partial charge on any atom is -0.293 e. The van der Waals surface area contributed by atoms with Crippen LogP contribution in [0.4, 0.5) is 5.69 Å². The maximum Gasteiger partial charge on any atom is 0.174 e. The number of ketones is 1. The lowest BCUT2D eigenvalue weighted by Gasteiger charge is -2.28. The Labute approximate surface area is 188 Å². The minimum atomic E-state index is -0.428. The highest BCUT2D eigenvalue weighted by Gasteiger charge is 2.44. The van der Waals surface area contributed by atoms with Crippen molar-refractivity contribution in [2.75, 3.05) is 5.01 Å². The first kappa shape index (κ1) is 20.0. The molecule has 3 heteroatoms. The molecule has 1 aliphatic rings. The normalized spacial score (nSPS) is 17.8. The number of anilines is 1. The average molecular weight is 417 g/mol. The first-order valence-corrected chi connectivity index (χ1v) is 10.9. The summed E-state index contributed by atoms with van der Waals surface area (Å²) in [5, 5.41) is 7.07. The molecule has 2 atom stereocenters. The number of para-hydroxylation sites is 1. The van der Waals surface area contributed by atoms with Crippen molar-refractivity contribution < 1.29 is 4.79 Å². The van der Waals surface area contributed by atoms with Gasteiger partial charge in [0, 0.05) is 5.56 Å². The standard InChI is InChI=1S/C29H24N2O/c1-21-17-19-24(20-18-21)29(32)26-27(22-11-5-2-6-12-22)30-31(25-15-9-4-10-16-25)28(26)23-13-7-3-8-14-23/h2-20,26,28H,1H3/t26-,28+/m1/s1. The van der Waals surface area contributed by atoms with Gasteiger partial charge in [0.25, 0.3) is 0 Å². The summed E-state index contributed by atoms with van der Waals surface area (Å²) in [5.41, 5.74) is 5.65. The molecule has 32 heavy (non-hydrogen) atoms. The highest BCUT2D eigenvalue weighted by molar-refractivity contribution is 6.20. The van der Waals surface area contributed by atoms with E-state index in [9.17, 15) is 4.79 Å². The summed E-state index contributed by atoms with van der Waals surface area (Å²) < 4.78 is 0. The van der Waals surface area contributed by atoms with E-state index in [4.69, 9.17) is 5.10 Å². The molecular formula is C29H24N2O. The maximum absolute atomic E-state index is 14.0. The SMILES string of the molecule is Cc1ccc(C(=O)[C@@H]2C(c3ccccc3)=NN(c3ccccc3)[C@H]2c2ccccc2)cc1. The summed E-state index contributed by atoms with van der Waals surface area (Å²) >= 11 is 0. The lowest BCUT2D eigenvalue weighted by Crippen LogP contribution is -2.32. The maximum atomic E-state index is 14.0. The van der Waals surface area contributed by atoms with Crippen molar-refractivity contribution in [2.45, 2.75) is 13.0 Å². The second-order valence-electron chi connectivity index (χ2n) is 8.09. The molecule has 0 fully saturated rings. The highest BCUT2D eigenvalue weighted by atomic mass is 16.1. The Balaban J connectivity index is 1.69. The van der Waals surface area contributed by atoms with E-state index < -0.39 is 5.92 Å². The van der Waals surface area contributed by atoms with Crippen LogP contribution in [0.5, 0.6) is 0 Å². The molecular weight excluding hydrogens is 392 g/mol. The van der Waals surface area contributed by atoms with Gasteiger partial charge in [0.15, 0.2) is 5.78 Å². The van der Waals surface area contributed by atoms with Crippen LogP contribution in [0.15, 0.2) is 120 Å². The quantitative estimate of drug-likeness (QED) is 0.350. The number of hydrazone groups is 1. The van der Waals surface area contributed by atoms with Crippen LogP contribution in [0, 0.1) is 12.8 Å². The zero-order valence-corrected chi connectivity index (χ0v) is 17.9. The van der Waals surface area contributed by atoms with Crippen molar-refractivity contribution in [3.63, 3.8) is 0 Å². The summed E-state index contributed by atoms with van der Waals surface area (Å²) in [5.74, 6) is -0.345. The molecule has 0 spiro atoms. The zero-order chi connectivity index (χ0) is 21.9. The van der Waals surface area contributed by atoms with E-state index in [0.29, 0.717) is 5.56 Å². The van der Waals surface area contributed by atoms with E-state index in [1.54, 1.807) is 0 Å². The summed E-state index contributed by atoms with van der Waals surface area (Å²) in [6, 6.07) is 37.9. The van der Waals surface area contributed by atoms with E-state index in [1.807, 2.05) is 115 Å². The first-order valence-electron chi connectivity index (χ1n) is 10.9. The van der Waals surface area contributed by atoms with Crippen LogP contribution in [-0.4, -0.2) is 11.5 Å². The molecule has 3 nitrogen and oxygen atoms in total. The van der Waals surface area contributed by atoms with Crippen molar-refractivity contribution in [1.82, 2.24) is 0 Å². The van der Waals surface area contributed by atoms with E-state index >= 15 is 0 Å². The Morgan fingerprint density at radius 3 is 1.91 bits per heavy atom. The molecule has 4 aromatic rings. The topological polar surface area (TPSA) is 32.7 Å². The van der Waals surface area contributed by atoms with Gasteiger partial charge in [-0.1, -0.05) is 109 Å². The first-order chi connectivity index (χ1) is 15.7. The van der Waals surface area contributed by atoms with E-state index in [1.165, 1.54) is 0 Å². The number of nitrogens with zero attached hydrogens (tertiary/aromatic N) is 2. The van der Waals surface area contributed by atoms with Crippen molar-refractivity contribution in [3.8, 4) is 0 Å². The van der Waals surface area contributed by atoms with Crippen molar-refractivity contribution in [3.05, 3.63) is 138 Å². The van der Waals surface area contributed by atoms with Gasteiger partial charge >= 0.3 is 0 Å². The van der Waals surface area contributed by atoms with Crippen LogP contribution in [0.1, 0.15) is 33.1 Å². The van der Waals surface area contributed by atoms with Crippen LogP contribution in [-0.2, 0) is 0 Å². The second kappa shape index (κ2) is 8.64. The highest BCUT2D eigenvalue weighted by Crippen LogP contribution is 2.42. The molecule has 0 saturated heterocycles. The molecule has 0 amide bonds. The van der Waals surface area contributed by atoms with Gasteiger partial charge in [-0.15, -0.1) is 0 Å². The van der Waals surface area contributed by atoms with Gasteiger partial charge < -0.3 is 0 Å². The fourth-order valence-electron chi connectivity index (χ4n) is 4.33. The van der Waals surface area contributed by atoms with Gasteiger partial charge in [0.2, 0.25) is 0 Å². The van der Waals surface area contributed by atoms with Crippen LogP contribution in [0.25, 0.3) is 0 Å². The molecule has 4 aromatic carbocycles. The third-order valence-corrected chi connectivity index (χ3v) is 5.94. The Morgan fingerprint density at radius 2 is 1.28 bits per heavy atom. The second-order valence-corrected chi connectivity index (χ2v) is 8.09. The van der Waals surface area contributed by atoms with Crippen molar-refractivity contribution in [1.29, 1.82) is 0 Å². The van der Waals surface area contributed by atoms with Crippen LogP contribution in [0.3, 0.4) is 0 Å². The van der Waals surface area contributed by atoms with Gasteiger partial charge in [-0.05, 0) is 30.2 Å². The number of rotatable bonds is 5. The number of aryl methyl sites for hydroxylation is 1. The Hall–Kier alpha value is -3.98. The molecule has 0 N–H and O–H groups in total. The monoisotopic (exact) mass is 416 g/mol. The number of Topliss-reactive ketones (excluding diaryl/α,β-unsaturated/α-hetero) is 1.